The lowest BCUT2D eigenvalue weighted by molar-refractivity contribution is -0.132. The van der Waals surface area contributed by atoms with Crippen molar-refractivity contribution in [2.45, 2.75) is 24.5 Å². The van der Waals surface area contributed by atoms with Crippen molar-refractivity contribution in [1.29, 1.82) is 0 Å². The molecule has 0 fully saturated rings. The summed E-state index contributed by atoms with van der Waals surface area (Å²) >= 11 is 0. The Morgan fingerprint density at radius 2 is 2.12 bits per heavy atom. The van der Waals surface area contributed by atoms with E-state index in [0.29, 0.717) is 5.82 Å². The maximum absolute atomic E-state index is 11.8. The van der Waals surface area contributed by atoms with Crippen LogP contribution < -0.4 is 4.72 Å². The second-order valence-electron chi connectivity index (χ2n) is 3.10. The summed E-state index contributed by atoms with van der Waals surface area (Å²) in [7, 11) is -3.93. The molecule has 1 rings (SSSR count). The lowest BCUT2D eigenvalue weighted by Gasteiger charge is -2.07. The predicted octanol–water partition coefficient (Wildman–Crippen LogP) is 0.949. The zero-order chi connectivity index (χ0) is 12.4. The molecular weight excluding hydrogens is 247 g/mol. The van der Waals surface area contributed by atoms with Crippen LogP contribution in [0.3, 0.4) is 0 Å². The molecule has 92 valence electrons. The third-order valence-corrected chi connectivity index (χ3v) is 3.04. The molecule has 0 aliphatic heterocycles. The van der Waals surface area contributed by atoms with Crippen molar-refractivity contribution in [1.82, 2.24) is 14.7 Å². The second-order valence-corrected chi connectivity index (χ2v) is 4.83. The second kappa shape index (κ2) is 4.42. The Hall–Kier alpha value is -1.09. The van der Waals surface area contributed by atoms with Gasteiger partial charge in [0.2, 0.25) is 0 Å². The molecule has 2 N–H and O–H groups in total. The molecule has 9 heteroatoms. The van der Waals surface area contributed by atoms with Gasteiger partial charge < -0.3 is 4.98 Å². The fraction of sp³-hybridized carbons (Fsp3) is 0.571. The number of H-pyrrole nitrogens is 1. The number of aromatic nitrogens is 2. The average Bonchev–Trinajstić information content (AvgIpc) is 2.49. The van der Waals surface area contributed by atoms with Crippen LogP contribution in [0.5, 0.6) is 0 Å². The third kappa shape index (κ3) is 3.81. The highest BCUT2D eigenvalue weighted by atomic mass is 32.2. The highest BCUT2D eigenvalue weighted by Crippen LogP contribution is 2.18. The van der Waals surface area contributed by atoms with Crippen LogP contribution in [0.4, 0.5) is 13.2 Å². The van der Waals surface area contributed by atoms with Crippen molar-refractivity contribution < 1.29 is 21.6 Å². The van der Waals surface area contributed by atoms with Gasteiger partial charge in [0.05, 0.1) is 12.6 Å². The molecule has 0 aromatic carbocycles. The fourth-order valence-electron chi connectivity index (χ4n) is 0.940. The van der Waals surface area contributed by atoms with E-state index in [4.69, 9.17) is 0 Å². The molecule has 1 heterocycles. The SMILES string of the molecule is Cc1ncc(S(=O)(=O)NCCC(F)(F)F)[nH]1. The molecule has 0 bridgehead atoms. The quantitative estimate of drug-likeness (QED) is 0.843. The van der Waals surface area contributed by atoms with Crippen molar-refractivity contribution >= 4 is 10.0 Å². The number of nitrogens with zero attached hydrogens (tertiary/aromatic N) is 1. The summed E-state index contributed by atoms with van der Waals surface area (Å²) in [6.07, 6.45) is -4.54. The number of imidazole rings is 1. The van der Waals surface area contributed by atoms with E-state index in [9.17, 15) is 21.6 Å². The monoisotopic (exact) mass is 257 g/mol. The summed E-state index contributed by atoms with van der Waals surface area (Å²) < 4.78 is 59.9. The molecule has 1 aromatic rings. The highest BCUT2D eigenvalue weighted by molar-refractivity contribution is 7.89. The zero-order valence-electron chi connectivity index (χ0n) is 8.30. The number of halogens is 3. The molecule has 0 aliphatic rings. The molecule has 0 amide bonds. The van der Waals surface area contributed by atoms with Crippen LogP contribution in [0, 0.1) is 6.92 Å². The van der Waals surface area contributed by atoms with E-state index in [0.717, 1.165) is 6.20 Å². The standard InChI is InChI=1S/C7H10F3N3O2S/c1-5-11-4-6(13-5)16(14,15)12-3-2-7(8,9)10/h4,12H,2-3H2,1H3,(H,11,13). The molecule has 0 saturated carbocycles. The number of hydrogen-bond acceptors (Lipinski definition) is 3. The lowest BCUT2D eigenvalue weighted by atomic mass is 10.4. The summed E-state index contributed by atoms with van der Waals surface area (Å²) in [6.45, 7) is 0.846. The minimum atomic E-state index is -4.38. The van der Waals surface area contributed by atoms with Gasteiger partial charge in [-0.25, -0.2) is 18.1 Å². The van der Waals surface area contributed by atoms with Crippen molar-refractivity contribution in [2.75, 3.05) is 6.54 Å². The van der Waals surface area contributed by atoms with E-state index >= 15 is 0 Å². The van der Waals surface area contributed by atoms with Gasteiger partial charge in [0.25, 0.3) is 10.0 Å². The van der Waals surface area contributed by atoms with Crippen LogP contribution in [0.25, 0.3) is 0 Å². The van der Waals surface area contributed by atoms with Crippen molar-refractivity contribution in [2.24, 2.45) is 0 Å². The Morgan fingerprint density at radius 1 is 1.50 bits per heavy atom. The van der Waals surface area contributed by atoms with Crippen LogP contribution in [0.15, 0.2) is 11.2 Å². The Balaban J connectivity index is 2.60. The number of aryl methyl sites for hydroxylation is 1. The highest BCUT2D eigenvalue weighted by Gasteiger charge is 2.27. The first-order valence-corrected chi connectivity index (χ1v) is 5.77. The van der Waals surface area contributed by atoms with Crippen molar-refractivity contribution in [3.05, 3.63) is 12.0 Å². The normalized spacial score (nSPS) is 13.0. The van der Waals surface area contributed by atoms with Gasteiger partial charge >= 0.3 is 6.18 Å². The molecule has 5 nitrogen and oxygen atoms in total. The van der Waals surface area contributed by atoms with Crippen LogP contribution in [0.2, 0.25) is 0 Å². The van der Waals surface area contributed by atoms with Gasteiger partial charge in [-0.15, -0.1) is 0 Å². The number of hydrogen-bond donors (Lipinski definition) is 2. The average molecular weight is 257 g/mol. The van der Waals surface area contributed by atoms with Gasteiger partial charge in [-0.05, 0) is 6.92 Å². The van der Waals surface area contributed by atoms with E-state index in [1.54, 1.807) is 0 Å². The lowest BCUT2D eigenvalue weighted by Crippen LogP contribution is -2.28. The predicted molar refractivity (Wildman–Crippen MR) is 49.2 cm³/mol. The fourth-order valence-corrected chi connectivity index (χ4v) is 1.94. The number of sulfonamides is 1. The maximum atomic E-state index is 11.8. The Morgan fingerprint density at radius 3 is 2.56 bits per heavy atom. The van der Waals surface area contributed by atoms with Crippen LogP contribution in [0.1, 0.15) is 12.2 Å². The molecule has 0 aliphatic carbocycles. The molecule has 0 radical (unpaired) electrons. The molecule has 0 unspecified atom stereocenters. The summed E-state index contributed by atoms with van der Waals surface area (Å²) in [5.74, 6) is 0.371. The van der Waals surface area contributed by atoms with Crippen molar-refractivity contribution in [3.8, 4) is 0 Å². The van der Waals surface area contributed by atoms with Gasteiger partial charge in [0.1, 0.15) is 5.82 Å². The van der Waals surface area contributed by atoms with Gasteiger partial charge in [-0.2, -0.15) is 13.2 Å². The first-order chi connectivity index (χ1) is 7.21. The Labute approximate surface area is 90.1 Å². The summed E-state index contributed by atoms with van der Waals surface area (Å²) in [5.41, 5.74) is 0. The molecule has 0 saturated heterocycles. The van der Waals surface area contributed by atoms with E-state index < -0.39 is 29.2 Å². The topological polar surface area (TPSA) is 74.8 Å². The summed E-state index contributed by atoms with van der Waals surface area (Å²) in [6, 6.07) is 0. The Kier molecular flexibility index (Phi) is 3.58. The van der Waals surface area contributed by atoms with Gasteiger partial charge in [0.15, 0.2) is 5.03 Å². The minimum Gasteiger partial charge on any atom is -0.332 e. The van der Waals surface area contributed by atoms with Gasteiger partial charge in [-0.1, -0.05) is 0 Å². The first-order valence-electron chi connectivity index (χ1n) is 4.29. The zero-order valence-corrected chi connectivity index (χ0v) is 9.11. The number of nitrogens with one attached hydrogen (secondary N) is 2. The van der Waals surface area contributed by atoms with Crippen LogP contribution >= 0.6 is 0 Å². The molecule has 0 spiro atoms. The van der Waals surface area contributed by atoms with E-state index in [1.165, 1.54) is 6.92 Å². The van der Waals surface area contributed by atoms with Gasteiger partial charge in [-0.3, -0.25) is 0 Å². The largest absolute Gasteiger partial charge is 0.390 e. The Bertz CT molecular complexity index is 452. The summed E-state index contributed by atoms with van der Waals surface area (Å²) in [4.78, 5) is 6.06. The van der Waals surface area contributed by atoms with E-state index in [-0.39, 0.29) is 5.03 Å². The molecular formula is C7H10F3N3O2S. The number of alkyl halides is 3. The molecule has 1 aromatic heterocycles. The van der Waals surface area contributed by atoms with E-state index in [2.05, 4.69) is 9.97 Å². The number of aromatic amines is 1. The van der Waals surface area contributed by atoms with Crippen molar-refractivity contribution in [3.63, 3.8) is 0 Å². The minimum absolute atomic E-state index is 0.243. The first kappa shape index (κ1) is 13.0. The van der Waals surface area contributed by atoms with Crippen LogP contribution in [-0.4, -0.2) is 31.1 Å². The maximum Gasteiger partial charge on any atom is 0.390 e. The third-order valence-electron chi connectivity index (χ3n) is 1.67. The van der Waals surface area contributed by atoms with Gasteiger partial charge in [0, 0.05) is 6.54 Å². The van der Waals surface area contributed by atoms with E-state index in [1.807, 2.05) is 4.72 Å². The number of rotatable bonds is 4. The smallest absolute Gasteiger partial charge is 0.332 e. The van der Waals surface area contributed by atoms with Crippen LogP contribution in [-0.2, 0) is 10.0 Å². The molecule has 0 atom stereocenters. The summed E-state index contributed by atoms with van der Waals surface area (Å²) in [5, 5.41) is -0.243. The molecule has 16 heavy (non-hydrogen) atoms.